The summed E-state index contributed by atoms with van der Waals surface area (Å²) in [5.74, 6) is -1.72. The average Bonchev–Trinajstić information content (AvgIpc) is 3.91. The molecule has 17 heteroatoms. The van der Waals surface area contributed by atoms with Crippen LogP contribution >= 0.6 is 0 Å². The number of esters is 1. The number of fused-ring (bicyclic) bond motifs is 6. The van der Waals surface area contributed by atoms with E-state index in [0.717, 1.165) is 51.0 Å². The number of methoxy groups -OCH3 is 1. The van der Waals surface area contributed by atoms with Crippen LogP contribution in [0.3, 0.4) is 0 Å². The highest BCUT2D eigenvalue weighted by molar-refractivity contribution is 5.95. The van der Waals surface area contributed by atoms with E-state index in [1.54, 1.807) is 30.2 Å². The van der Waals surface area contributed by atoms with Gasteiger partial charge in [0, 0.05) is 88.0 Å². The predicted molar refractivity (Wildman–Crippen MR) is 267 cm³/mol. The molecule has 3 aromatic rings. The number of ether oxygens (including phenoxy) is 3. The van der Waals surface area contributed by atoms with E-state index in [1.807, 2.05) is 26.8 Å². The Balaban J connectivity index is 1.09. The molecule has 70 heavy (non-hydrogen) atoms. The largest absolute Gasteiger partial charge is 0.464 e. The average molecular weight is 964 g/mol. The van der Waals surface area contributed by atoms with Crippen molar-refractivity contribution in [1.29, 1.82) is 0 Å². The summed E-state index contributed by atoms with van der Waals surface area (Å²) < 4.78 is 20.5. The number of aryl methyl sites for hydroxylation is 1. The molecule has 5 amide bonds. The third kappa shape index (κ3) is 10.4. The van der Waals surface area contributed by atoms with Crippen molar-refractivity contribution < 1.29 is 38.2 Å². The molecule has 0 saturated carbocycles. The minimum Gasteiger partial charge on any atom is -0.464 e. The summed E-state index contributed by atoms with van der Waals surface area (Å²) in [6.07, 6.45) is 8.60. The lowest BCUT2D eigenvalue weighted by atomic mass is 9.84. The number of likely N-dealkylation sites (tertiary alicyclic amines) is 1. The number of rotatable bonds is 9. The fourth-order valence-electron chi connectivity index (χ4n) is 11.2. The van der Waals surface area contributed by atoms with Crippen LogP contribution < -0.4 is 10.7 Å². The molecule has 378 valence electrons. The second kappa shape index (κ2) is 21.0. The molecule has 1 aromatic carbocycles. The molecule has 17 nitrogen and oxygen atoms in total. The molecule has 6 bridgehead atoms. The lowest BCUT2D eigenvalue weighted by Gasteiger charge is -2.41. The summed E-state index contributed by atoms with van der Waals surface area (Å²) in [5.41, 5.74) is 9.52. The first-order valence-corrected chi connectivity index (χ1v) is 25.1. The van der Waals surface area contributed by atoms with Crippen molar-refractivity contribution in [3.63, 3.8) is 0 Å². The number of aromatic nitrogens is 2. The van der Waals surface area contributed by atoms with Gasteiger partial charge in [0.15, 0.2) is 0 Å². The van der Waals surface area contributed by atoms with Crippen LogP contribution in [0.5, 0.6) is 0 Å². The lowest BCUT2D eigenvalue weighted by molar-refractivity contribution is -0.155. The highest BCUT2D eigenvalue weighted by Gasteiger charge is 2.45. The smallest absolute Gasteiger partial charge is 0.324 e. The number of piperidine rings is 1. The minimum atomic E-state index is -1.01. The number of hydrogen-bond donors (Lipinski definition) is 2. The van der Waals surface area contributed by atoms with Crippen molar-refractivity contribution >= 4 is 46.2 Å². The van der Waals surface area contributed by atoms with E-state index in [0.29, 0.717) is 77.9 Å². The van der Waals surface area contributed by atoms with Crippen molar-refractivity contribution in [3.8, 4) is 11.3 Å². The molecule has 2 unspecified atom stereocenters. The second-order valence-electron chi connectivity index (χ2n) is 21.0. The standard InChI is InChI=1S/C53H73N9O8/c1-10-44(63)60-31-53(70-33-60)20-25-59(26-21-53)51(67)57(8)46(34(3)4)48(64)55-42-30-58-23-13-15-37(29-58)36-18-19-43-39(27-36)40(47(61(43)11-2)38-16-12-22-54-45(38)35(5)68-9)28-52(6,7)32-69-50(66)41-17-14-24-62(56-41)49(42)65/h10,12,15-16,18-19,22,27,34-35,41-42,46,56H,1,11,13-14,17,20-21,23-26,28-33H2,2-9H3,(H,55,64)/t35-,41-,42?,46-/m0/s1. The Morgan fingerprint density at radius 3 is 2.57 bits per heavy atom. The van der Waals surface area contributed by atoms with Crippen LogP contribution in [0.1, 0.15) is 96.6 Å². The van der Waals surface area contributed by atoms with Gasteiger partial charge in [0.25, 0.3) is 5.91 Å². The van der Waals surface area contributed by atoms with Crippen LogP contribution in [0.25, 0.3) is 27.7 Å². The van der Waals surface area contributed by atoms with Gasteiger partial charge in [-0.05, 0) is 105 Å². The van der Waals surface area contributed by atoms with Crippen molar-refractivity contribution in [1.82, 2.24) is 44.9 Å². The number of likely N-dealkylation sites (N-methyl/N-ethyl adjacent to an activating group) is 1. The number of carbonyl (C=O) groups is 5. The van der Waals surface area contributed by atoms with Crippen molar-refractivity contribution in [2.75, 3.05) is 73.3 Å². The Bertz CT molecular complexity index is 2510. The summed E-state index contributed by atoms with van der Waals surface area (Å²) in [6, 6.07) is 7.77. The van der Waals surface area contributed by atoms with Gasteiger partial charge >= 0.3 is 12.0 Å². The molecule has 7 heterocycles. The minimum absolute atomic E-state index is 0.146. The van der Waals surface area contributed by atoms with Crippen molar-refractivity contribution in [2.24, 2.45) is 11.3 Å². The van der Waals surface area contributed by atoms with E-state index in [2.05, 4.69) is 77.9 Å². The van der Waals surface area contributed by atoms with Gasteiger partial charge in [-0.15, -0.1) is 0 Å². The third-order valence-corrected chi connectivity index (χ3v) is 15.0. The zero-order valence-corrected chi connectivity index (χ0v) is 42.4. The highest BCUT2D eigenvalue weighted by Crippen LogP contribution is 2.42. The van der Waals surface area contributed by atoms with Crippen LogP contribution in [-0.2, 0) is 46.4 Å². The summed E-state index contributed by atoms with van der Waals surface area (Å²) in [4.78, 5) is 81.9. The Hall–Kier alpha value is -5.62. The molecule has 5 aliphatic heterocycles. The van der Waals surface area contributed by atoms with Gasteiger partial charge in [-0.3, -0.25) is 34.1 Å². The topological polar surface area (TPSA) is 171 Å². The van der Waals surface area contributed by atoms with Crippen LogP contribution in [0, 0.1) is 11.3 Å². The molecule has 2 aromatic heterocycles. The maximum atomic E-state index is 14.8. The molecule has 5 aliphatic rings. The van der Waals surface area contributed by atoms with E-state index in [9.17, 15) is 24.0 Å². The third-order valence-electron chi connectivity index (χ3n) is 15.0. The molecular weight excluding hydrogens is 891 g/mol. The van der Waals surface area contributed by atoms with Crippen molar-refractivity contribution in [2.45, 2.75) is 116 Å². The number of hydrazine groups is 1. The number of carbonyl (C=O) groups excluding carboxylic acids is 5. The first-order chi connectivity index (χ1) is 33.5. The monoisotopic (exact) mass is 964 g/mol. The molecule has 2 N–H and O–H groups in total. The van der Waals surface area contributed by atoms with Crippen LogP contribution in [-0.4, -0.2) is 161 Å². The Morgan fingerprint density at radius 1 is 1.09 bits per heavy atom. The maximum absolute atomic E-state index is 14.8. The number of benzene rings is 1. The van der Waals surface area contributed by atoms with Gasteiger partial charge in [-0.25, -0.2) is 10.2 Å². The van der Waals surface area contributed by atoms with Gasteiger partial charge in [0.2, 0.25) is 11.8 Å². The quantitative estimate of drug-likeness (QED) is 0.204. The first-order valence-electron chi connectivity index (χ1n) is 25.1. The van der Waals surface area contributed by atoms with Crippen LogP contribution in [0.4, 0.5) is 4.79 Å². The molecular formula is C53H73N9O8. The lowest BCUT2D eigenvalue weighted by Crippen LogP contribution is -2.64. The van der Waals surface area contributed by atoms with Gasteiger partial charge in [-0.2, -0.15) is 0 Å². The molecule has 0 aliphatic carbocycles. The van der Waals surface area contributed by atoms with E-state index in [4.69, 9.17) is 19.2 Å². The number of amides is 5. The normalized spacial score (nSPS) is 23.6. The predicted octanol–water partition coefficient (Wildman–Crippen LogP) is 5.54. The summed E-state index contributed by atoms with van der Waals surface area (Å²) in [5, 5.41) is 5.70. The number of urea groups is 1. The zero-order valence-electron chi connectivity index (χ0n) is 42.4. The van der Waals surface area contributed by atoms with Gasteiger partial charge in [0.1, 0.15) is 24.9 Å². The Morgan fingerprint density at radius 2 is 1.86 bits per heavy atom. The molecule has 3 fully saturated rings. The fraction of sp³-hybridized carbons (Fsp3) is 0.585. The highest BCUT2D eigenvalue weighted by atomic mass is 16.5. The number of cyclic esters (lactones) is 1. The van der Waals surface area contributed by atoms with Gasteiger partial charge in [-0.1, -0.05) is 46.4 Å². The van der Waals surface area contributed by atoms with Crippen molar-refractivity contribution in [3.05, 3.63) is 72.1 Å². The number of nitrogens with one attached hydrogen (secondary N) is 2. The van der Waals surface area contributed by atoms with Gasteiger partial charge < -0.3 is 38.8 Å². The number of nitrogens with zero attached hydrogens (tertiary/aromatic N) is 7. The van der Waals surface area contributed by atoms with Crippen LogP contribution in [0.15, 0.2) is 55.3 Å². The molecule has 3 saturated heterocycles. The maximum Gasteiger partial charge on any atom is 0.324 e. The Labute approximate surface area is 412 Å². The van der Waals surface area contributed by atoms with E-state index < -0.39 is 41.0 Å². The second-order valence-corrected chi connectivity index (χ2v) is 21.0. The summed E-state index contributed by atoms with van der Waals surface area (Å²) >= 11 is 0. The van der Waals surface area contributed by atoms with E-state index >= 15 is 0 Å². The van der Waals surface area contributed by atoms with Crippen LogP contribution in [0.2, 0.25) is 0 Å². The summed E-state index contributed by atoms with van der Waals surface area (Å²) in [7, 11) is 3.34. The Kier molecular flexibility index (Phi) is 15.2. The first kappa shape index (κ1) is 50.8. The number of hydrogen-bond acceptors (Lipinski definition) is 11. The van der Waals surface area contributed by atoms with Gasteiger partial charge in [0.05, 0.1) is 36.2 Å². The molecule has 5 atom stereocenters. The summed E-state index contributed by atoms with van der Waals surface area (Å²) in [6.45, 7) is 19.8. The van der Waals surface area contributed by atoms with E-state index in [-0.39, 0.29) is 49.7 Å². The molecule has 1 spiro atoms. The molecule has 0 radical (unpaired) electrons. The number of pyridine rings is 1. The van der Waals surface area contributed by atoms with E-state index in [1.165, 1.54) is 16.0 Å². The fourth-order valence-corrected chi connectivity index (χ4v) is 11.2. The zero-order chi connectivity index (χ0) is 50.1. The SMILES string of the molecule is C=CC(=O)N1COC2(CCN(C(=O)N(C)[C@H](C(=O)NC3CN4CCC=C(C4)c4ccc5c(c4)c(c(-c4cccnc4[C@H](C)OC)n5CC)CC(C)(C)COC(=O)[C@@H]4CCCN(N4)C3=O)C(C)C)CC2)C1. The molecule has 8 rings (SSSR count).